The molecule has 0 heterocycles. The maximum atomic E-state index is 10.9. The van der Waals surface area contributed by atoms with Crippen molar-refractivity contribution in [2.45, 2.75) is 39.5 Å². The van der Waals surface area contributed by atoms with Crippen molar-refractivity contribution in [3.05, 3.63) is 0 Å². The molecule has 0 N–H and O–H groups in total. The number of hydrogen-bond donors (Lipinski definition) is 0. The lowest BCUT2D eigenvalue weighted by atomic mass is 10.2. The van der Waals surface area contributed by atoms with Crippen LogP contribution in [0.5, 0.6) is 0 Å². The molecule has 0 saturated heterocycles. The molecule has 0 rings (SSSR count). The van der Waals surface area contributed by atoms with Crippen LogP contribution >= 0.6 is 12.2 Å². The van der Waals surface area contributed by atoms with E-state index in [0.717, 1.165) is 12.8 Å². The average Bonchev–Trinajstić information content (AvgIpc) is 2.00. The van der Waals surface area contributed by atoms with Crippen molar-refractivity contribution in [1.29, 1.82) is 0 Å². The van der Waals surface area contributed by atoms with Crippen molar-refractivity contribution in [2.24, 2.45) is 0 Å². The third kappa shape index (κ3) is 5.98. The van der Waals surface area contributed by atoms with Gasteiger partial charge in [0.25, 0.3) is 0 Å². The molecule has 0 atom stereocenters. The van der Waals surface area contributed by atoms with Crippen molar-refractivity contribution in [2.75, 3.05) is 0 Å². The summed E-state index contributed by atoms with van der Waals surface area (Å²) in [5, 5.41) is 0.395. The maximum Gasteiger partial charge on any atom is 0.311 e. The van der Waals surface area contributed by atoms with Crippen LogP contribution in [-0.2, 0) is 9.53 Å². The van der Waals surface area contributed by atoms with Gasteiger partial charge in [-0.2, -0.15) is 0 Å². The smallest absolute Gasteiger partial charge is 0.311 e. The zero-order chi connectivity index (χ0) is 8.69. The van der Waals surface area contributed by atoms with Gasteiger partial charge in [0, 0.05) is 12.8 Å². The highest BCUT2D eigenvalue weighted by molar-refractivity contribution is 7.80. The normalized spacial score (nSPS) is 9.27. The average molecular weight is 174 g/mol. The minimum absolute atomic E-state index is 0.196. The van der Waals surface area contributed by atoms with E-state index < -0.39 is 0 Å². The quantitative estimate of drug-likeness (QED) is 0.483. The second-order valence-corrected chi connectivity index (χ2v) is 2.76. The van der Waals surface area contributed by atoms with E-state index in [1.165, 1.54) is 0 Å². The summed E-state index contributed by atoms with van der Waals surface area (Å²) in [5.74, 6) is -0.196. The fraction of sp³-hybridized carbons (Fsp3) is 0.750. The Bertz CT molecular complexity index is 143. The Kier molecular flexibility index (Phi) is 6.03. The van der Waals surface area contributed by atoms with E-state index >= 15 is 0 Å². The molecule has 0 aromatic carbocycles. The summed E-state index contributed by atoms with van der Waals surface area (Å²) in [6, 6.07) is 0. The molecule has 0 unspecified atom stereocenters. The summed E-state index contributed by atoms with van der Waals surface area (Å²) >= 11 is 4.74. The van der Waals surface area contributed by atoms with Gasteiger partial charge in [-0.05, 0) is 18.6 Å². The Morgan fingerprint density at radius 3 is 2.55 bits per heavy atom. The van der Waals surface area contributed by atoms with Crippen LogP contribution in [0.2, 0.25) is 0 Å². The molecule has 3 heteroatoms. The third-order valence-electron chi connectivity index (χ3n) is 1.25. The van der Waals surface area contributed by atoms with Crippen LogP contribution in [0.15, 0.2) is 0 Å². The van der Waals surface area contributed by atoms with Crippen molar-refractivity contribution in [3.8, 4) is 0 Å². The number of rotatable bonds is 4. The van der Waals surface area contributed by atoms with Gasteiger partial charge < -0.3 is 4.74 Å². The van der Waals surface area contributed by atoms with Gasteiger partial charge in [-0.3, -0.25) is 4.79 Å². The van der Waals surface area contributed by atoms with E-state index in [0.29, 0.717) is 17.9 Å². The molecule has 64 valence electrons. The molecule has 0 fully saturated rings. The predicted molar refractivity (Wildman–Crippen MR) is 48.5 cm³/mol. The number of unbranched alkanes of at least 4 members (excludes halogenated alkanes) is 1. The lowest BCUT2D eigenvalue weighted by Gasteiger charge is -2.01. The number of carbonyl (C=O) groups is 1. The van der Waals surface area contributed by atoms with Gasteiger partial charge in [0.15, 0.2) is 5.05 Å². The molecule has 0 bridgehead atoms. The van der Waals surface area contributed by atoms with Crippen LogP contribution in [0.3, 0.4) is 0 Å². The van der Waals surface area contributed by atoms with E-state index in [1.54, 1.807) is 0 Å². The predicted octanol–water partition coefficient (Wildman–Crippen LogP) is 2.46. The van der Waals surface area contributed by atoms with Crippen LogP contribution < -0.4 is 0 Å². The largest absolute Gasteiger partial charge is 0.419 e. The van der Waals surface area contributed by atoms with Crippen LogP contribution in [0.25, 0.3) is 0 Å². The van der Waals surface area contributed by atoms with Gasteiger partial charge in [-0.1, -0.05) is 20.3 Å². The monoisotopic (exact) mass is 174 g/mol. The minimum atomic E-state index is -0.196. The molecule has 0 radical (unpaired) electrons. The van der Waals surface area contributed by atoms with Crippen LogP contribution in [0.1, 0.15) is 39.5 Å². The fourth-order valence-electron chi connectivity index (χ4n) is 0.571. The highest BCUT2D eigenvalue weighted by Crippen LogP contribution is 1.98. The van der Waals surface area contributed by atoms with E-state index in [2.05, 4.69) is 0 Å². The summed E-state index contributed by atoms with van der Waals surface area (Å²) in [6.07, 6.45) is 3.00. The maximum absolute atomic E-state index is 10.9. The fourth-order valence-corrected chi connectivity index (χ4v) is 0.664. The summed E-state index contributed by atoms with van der Waals surface area (Å²) in [7, 11) is 0. The van der Waals surface area contributed by atoms with Crippen molar-refractivity contribution in [1.82, 2.24) is 0 Å². The number of ether oxygens (including phenoxy) is 1. The van der Waals surface area contributed by atoms with Gasteiger partial charge in [-0.15, -0.1) is 0 Å². The van der Waals surface area contributed by atoms with E-state index in [1.807, 2.05) is 13.8 Å². The summed E-state index contributed by atoms with van der Waals surface area (Å²) in [5.41, 5.74) is 0. The Balaban J connectivity index is 3.44. The van der Waals surface area contributed by atoms with Gasteiger partial charge in [0.05, 0.1) is 0 Å². The lowest BCUT2D eigenvalue weighted by molar-refractivity contribution is -0.135. The summed E-state index contributed by atoms with van der Waals surface area (Å²) in [4.78, 5) is 10.9. The van der Waals surface area contributed by atoms with Crippen LogP contribution in [-0.4, -0.2) is 11.0 Å². The van der Waals surface area contributed by atoms with Crippen molar-refractivity contribution >= 4 is 23.2 Å². The molecular formula is C8H14O2S. The van der Waals surface area contributed by atoms with Gasteiger partial charge in [0.1, 0.15) is 0 Å². The summed E-state index contributed by atoms with van der Waals surface area (Å²) in [6.45, 7) is 3.90. The first-order chi connectivity index (χ1) is 5.20. The van der Waals surface area contributed by atoms with Crippen LogP contribution in [0.4, 0.5) is 0 Å². The number of esters is 1. The first kappa shape index (κ1) is 10.6. The molecular weight excluding hydrogens is 160 g/mol. The number of carbonyl (C=O) groups excluding carboxylic acids is 1. The molecule has 0 amide bonds. The van der Waals surface area contributed by atoms with Crippen molar-refractivity contribution < 1.29 is 9.53 Å². The van der Waals surface area contributed by atoms with Crippen LogP contribution in [0, 0.1) is 0 Å². The Morgan fingerprint density at radius 2 is 2.09 bits per heavy atom. The third-order valence-corrected chi connectivity index (χ3v) is 1.62. The Hall–Kier alpha value is -0.440. The standard InChI is InChI=1S/C8H14O2S/c1-3-5-6-7(9)10-8(11)4-2/h3-6H2,1-2H3. The second-order valence-electron chi connectivity index (χ2n) is 2.30. The molecule has 0 aromatic heterocycles. The zero-order valence-corrected chi connectivity index (χ0v) is 7.87. The van der Waals surface area contributed by atoms with E-state index in [4.69, 9.17) is 17.0 Å². The molecule has 2 nitrogen and oxygen atoms in total. The molecule has 11 heavy (non-hydrogen) atoms. The molecule has 0 spiro atoms. The van der Waals surface area contributed by atoms with Gasteiger partial charge >= 0.3 is 5.97 Å². The molecule has 0 aliphatic rings. The van der Waals surface area contributed by atoms with Gasteiger partial charge in [-0.25, -0.2) is 0 Å². The topological polar surface area (TPSA) is 26.3 Å². The zero-order valence-electron chi connectivity index (χ0n) is 7.05. The second kappa shape index (κ2) is 6.28. The SMILES string of the molecule is CCCCC(=O)OC(=S)CC. The molecule has 0 saturated carbocycles. The number of thiocarbonyl (C=S) groups is 1. The first-order valence-electron chi connectivity index (χ1n) is 3.94. The summed E-state index contributed by atoms with van der Waals surface area (Å²) < 4.78 is 4.79. The highest BCUT2D eigenvalue weighted by Gasteiger charge is 2.03. The molecule has 0 aliphatic heterocycles. The molecule has 0 aromatic rings. The van der Waals surface area contributed by atoms with E-state index in [9.17, 15) is 4.79 Å². The highest BCUT2D eigenvalue weighted by atomic mass is 32.1. The minimum Gasteiger partial charge on any atom is -0.419 e. The van der Waals surface area contributed by atoms with Crippen molar-refractivity contribution in [3.63, 3.8) is 0 Å². The Labute approximate surface area is 72.9 Å². The lowest BCUT2D eigenvalue weighted by Crippen LogP contribution is -2.08. The van der Waals surface area contributed by atoms with Gasteiger partial charge in [0.2, 0.25) is 0 Å². The number of hydrogen-bond acceptors (Lipinski definition) is 3. The van der Waals surface area contributed by atoms with E-state index in [-0.39, 0.29) is 5.97 Å². The first-order valence-corrected chi connectivity index (χ1v) is 4.35. The molecule has 0 aliphatic carbocycles. The Morgan fingerprint density at radius 1 is 1.45 bits per heavy atom.